The molecule has 0 saturated carbocycles. The molecule has 1 N–H and O–H groups in total. The van der Waals surface area contributed by atoms with Gasteiger partial charge in [0.1, 0.15) is 0 Å². The van der Waals surface area contributed by atoms with Gasteiger partial charge >= 0.3 is 0 Å². The Kier molecular flexibility index (Phi) is 7.11. The minimum atomic E-state index is -3.31. The molecule has 0 aliphatic heterocycles. The number of sulfone groups is 1. The van der Waals surface area contributed by atoms with Gasteiger partial charge in [-0.3, -0.25) is 4.98 Å². The summed E-state index contributed by atoms with van der Waals surface area (Å²) in [5.41, 5.74) is 3.52. The second-order valence-electron chi connectivity index (χ2n) is 9.78. The van der Waals surface area contributed by atoms with Crippen LogP contribution < -0.4 is 4.74 Å². The van der Waals surface area contributed by atoms with E-state index < -0.39 is 15.4 Å². The van der Waals surface area contributed by atoms with E-state index in [4.69, 9.17) is 16.3 Å². The SMILES string of the molecule is COc1nc2ccc(C(O)(c3ccc(C)nc3C)c3cnnn3C)cc2c(Cl)c1Cc1ccc(S(C)(=O)=O)cc1. The number of methoxy groups -OCH3 is 1. The highest BCUT2D eigenvalue weighted by atomic mass is 35.5. The Bertz CT molecular complexity index is 1860. The first-order valence-electron chi connectivity index (χ1n) is 12.4. The highest BCUT2D eigenvalue weighted by molar-refractivity contribution is 7.90. The number of benzene rings is 2. The Hall–Kier alpha value is -3.86. The molecule has 1 atom stereocenters. The van der Waals surface area contributed by atoms with Crippen LogP contribution in [0.5, 0.6) is 5.88 Å². The zero-order valence-electron chi connectivity index (χ0n) is 22.7. The highest BCUT2D eigenvalue weighted by Crippen LogP contribution is 2.41. The van der Waals surface area contributed by atoms with Crippen molar-refractivity contribution in [1.82, 2.24) is 25.0 Å². The summed E-state index contributed by atoms with van der Waals surface area (Å²) in [6.45, 7) is 3.75. The Morgan fingerprint density at radius 3 is 2.38 bits per heavy atom. The van der Waals surface area contributed by atoms with Gasteiger partial charge in [0.25, 0.3) is 0 Å². The van der Waals surface area contributed by atoms with Crippen LogP contribution in [0.3, 0.4) is 0 Å². The lowest BCUT2D eigenvalue weighted by Gasteiger charge is -2.30. The lowest BCUT2D eigenvalue weighted by molar-refractivity contribution is 0.115. The van der Waals surface area contributed by atoms with E-state index >= 15 is 0 Å². The van der Waals surface area contributed by atoms with Crippen molar-refractivity contribution >= 4 is 32.3 Å². The molecule has 5 aromatic rings. The van der Waals surface area contributed by atoms with Gasteiger partial charge in [0.05, 0.1) is 34.4 Å². The summed E-state index contributed by atoms with van der Waals surface area (Å²) >= 11 is 7.02. The average Bonchev–Trinajstić information content (AvgIpc) is 3.35. The second kappa shape index (κ2) is 10.3. The van der Waals surface area contributed by atoms with E-state index in [1.807, 2.05) is 32.0 Å². The molecule has 0 aliphatic carbocycles. The zero-order valence-corrected chi connectivity index (χ0v) is 24.2. The minimum Gasteiger partial charge on any atom is -0.481 e. The first kappa shape index (κ1) is 27.7. The summed E-state index contributed by atoms with van der Waals surface area (Å²) in [4.78, 5) is 9.51. The van der Waals surface area contributed by atoms with E-state index in [1.165, 1.54) is 24.2 Å². The van der Waals surface area contributed by atoms with Crippen LogP contribution in [-0.2, 0) is 28.9 Å². The summed E-state index contributed by atoms with van der Waals surface area (Å²) in [5.74, 6) is 0.363. The molecule has 0 saturated heterocycles. The van der Waals surface area contributed by atoms with Gasteiger partial charge in [0, 0.05) is 47.6 Å². The third-order valence-corrected chi connectivity index (χ3v) is 8.58. The summed E-state index contributed by atoms with van der Waals surface area (Å²) < 4.78 is 30.9. The van der Waals surface area contributed by atoms with Gasteiger partial charge in [0.15, 0.2) is 15.4 Å². The van der Waals surface area contributed by atoms with Crippen molar-refractivity contribution in [2.45, 2.75) is 30.8 Å². The van der Waals surface area contributed by atoms with Crippen molar-refractivity contribution in [2.75, 3.05) is 13.4 Å². The Labute approximate surface area is 237 Å². The van der Waals surface area contributed by atoms with E-state index in [0.29, 0.717) is 56.3 Å². The molecule has 0 amide bonds. The van der Waals surface area contributed by atoms with Gasteiger partial charge in [-0.05, 0) is 55.3 Å². The fourth-order valence-electron chi connectivity index (χ4n) is 4.98. The summed E-state index contributed by atoms with van der Waals surface area (Å²) in [7, 11) is -0.0688. The number of hydrogen-bond donors (Lipinski definition) is 1. The van der Waals surface area contributed by atoms with Crippen molar-refractivity contribution < 1.29 is 18.3 Å². The smallest absolute Gasteiger partial charge is 0.218 e. The molecule has 3 heterocycles. The lowest BCUT2D eigenvalue weighted by Crippen LogP contribution is -2.32. The van der Waals surface area contributed by atoms with Crippen LogP contribution in [0, 0.1) is 13.8 Å². The number of ether oxygens (including phenoxy) is 1. The van der Waals surface area contributed by atoms with E-state index in [2.05, 4.69) is 20.3 Å². The fraction of sp³-hybridized carbons (Fsp3) is 0.241. The predicted octanol–water partition coefficient (Wildman–Crippen LogP) is 4.32. The number of fused-ring (bicyclic) bond motifs is 1. The molecule has 1 unspecified atom stereocenters. The molecule has 0 bridgehead atoms. The summed E-state index contributed by atoms with van der Waals surface area (Å²) in [5, 5.41) is 21.5. The van der Waals surface area contributed by atoms with Crippen LogP contribution in [0.2, 0.25) is 5.02 Å². The van der Waals surface area contributed by atoms with Crippen molar-refractivity contribution in [1.29, 1.82) is 0 Å². The number of aromatic nitrogens is 5. The second-order valence-corrected chi connectivity index (χ2v) is 12.2. The third kappa shape index (κ3) is 4.83. The van der Waals surface area contributed by atoms with E-state index in [-0.39, 0.29) is 4.90 Å². The van der Waals surface area contributed by atoms with Gasteiger partial charge in [-0.2, -0.15) is 0 Å². The van der Waals surface area contributed by atoms with Crippen molar-refractivity contribution in [2.24, 2.45) is 7.05 Å². The predicted molar refractivity (Wildman–Crippen MR) is 152 cm³/mol. The van der Waals surface area contributed by atoms with Gasteiger partial charge in [-0.1, -0.05) is 41.1 Å². The number of hydrogen-bond acceptors (Lipinski definition) is 8. The molecule has 206 valence electrons. The third-order valence-electron chi connectivity index (χ3n) is 7.02. The molecule has 3 aromatic heterocycles. The van der Waals surface area contributed by atoms with Crippen molar-refractivity contribution in [3.8, 4) is 5.88 Å². The zero-order chi connectivity index (χ0) is 28.8. The monoisotopic (exact) mass is 577 g/mol. The summed E-state index contributed by atoms with van der Waals surface area (Å²) in [6.07, 6.45) is 3.06. The molecule has 9 nitrogen and oxygen atoms in total. The molecule has 0 radical (unpaired) electrons. The van der Waals surface area contributed by atoms with Gasteiger partial charge in [0.2, 0.25) is 5.88 Å². The van der Waals surface area contributed by atoms with Crippen LogP contribution in [0.4, 0.5) is 0 Å². The molecule has 5 rings (SSSR count). The van der Waals surface area contributed by atoms with Crippen LogP contribution in [0.25, 0.3) is 10.9 Å². The molecule has 0 aliphatic rings. The van der Waals surface area contributed by atoms with Crippen LogP contribution in [-0.4, -0.2) is 51.9 Å². The van der Waals surface area contributed by atoms with E-state index in [0.717, 1.165) is 11.3 Å². The molecular weight excluding hydrogens is 550 g/mol. The lowest BCUT2D eigenvalue weighted by atomic mass is 9.82. The maximum atomic E-state index is 12.4. The normalized spacial score (nSPS) is 13.4. The van der Waals surface area contributed by atoms with Gasteiger partial charge in [-0.25, -0.2) is 18.1 Å². The minimum absolute atomic E-state index is 0.236. The molecular formula is C29H28ClN5O4S. The number of rotatable bonds is 7. The van der Waals surface area contributed by atoms with Crippen molar-refractivity contribution in [3.63, 3.8) is 0 Å². The van der Waals surface area contributed by atoms with Crippen molar-refractivity contribution in [3.05, 3.63) is 105 Å². The maximum absolute atomic E-state index is 12.4. The number of pyridine rings is 2. The molecule has 11 heteroatoms. The number of aryl methyl sites for hydroxylation is 3. The maximum Gasteiger partial charge on any atom is 0.218 e. The highest BCUT2D eigenvalue weighted by Gasteiger charge is 2.39. The van der Waals surface area contributed by atoms with Gasteiger partial charge in [-0.15, -0.1) is 5.10 Å². The number of aliphatic hydroxyl groups is 1. The van der Waals surface area contributed by atoms with E-state index in [1.54, 1.807) is 43.4 Å². The van der Waals surface area contributed by atoms with Crippen LogP contribution >= 0.6 is 11.6 Å². The topological polar surface area (TPSA) is 120 Å². The molecule has 40 heavy (non-hydrogen) atoms. The Morgan fingerprint density at radius 1 is 1.05 bits per heavy atom. The standard InChI is InChI=1S/C29H28ClN5O4S/c1-17-6-12-24(18(2)32-17)29(36,26-16-31-34-35(26)3)20-9-13-25-22(15-20)27(30)23(28(33-25)39-4)14-19-7-10-21(11-8-19)40(5,37)38/h6-13,15-16,36H,14H2,1-5H3. The van der Waals surface area contributed by atoms with Crippen LogP contribution in [0.15, 0.2) is 65.7 Å². The fourth-order valence-corrected chi connectivity index (χ4v) is 5.91. The Balaban J connectivity index is 1.69. The largest absolute Gasteiger partial charge is 0.481 e. The number of nitrogens with zero attached hydrogens (tertiary/aromatic N) is 5. The molecule has 0 spiro atoms. The quantitative estimate of drug-likeness (QED) is 0.304. The van der Waals surface area contributed by atoms with Gasteiger partial charge < -0.3 is 9.84 Å². The Morgan fingerprint density at radius 2 is 1.77 bits per heavy atom. The van der Waals surface area contributed by atoms with E-state index in [9.17, 15) is 13.5 Å². The molecule has 0 fully saturated rings. The molecule has 2 aromatic carbocycles. The summed E-state index contributed by atoms with van der Waals surface area (Å²) in [6, 6.07) is 15.7. The average molecular weight is 578 g/mol. The van der Waals surface area contributed by atoms with Crippen LogP contribution in [0.1, 0.15) is 39.3 Å². The number of halogens is 1. The first-order chi connectivity index (χ1) is 18.9. The first-order valence-corrected chi connectivity index (χ1v) is 14.7.